The van der Waals surface area contributed by atoms with Crippen LogP contribution in [0.4, 0.5) is 0 Å². The van der Waals surface area contributed by atoms with Crippen LogP contribution in [0.5, 0.6) is 11.5 Å². The van der Waals surface area contributed by atoms with Gasteiger partial charge in [0.2, 0.25) is 0 Å². The normalized spacial score (nSPS) is 21.2. The van der Waals surface area contributed by atoms with Crippen LogP contribution in [-0.4, -0.2) is 62.9 Å². The van der Waals surface area contributed by atoms with Crippen LogP contribution in [-0.2, 0) is 13.1 Å². The number of piperidine rings is 1. The van der Waals surface area contributed by atoms with Gasteiger partial charge in [0, 0.05) is 25.8 Å². The number of aryl methyl sites for hydroxylation is 2. The van der Waals surface area contributed by atoms with Crippen LogP contribution in [0.3, 0.4) is 0 Å². The Morgan fingerprint density at radius 1 is 1.06 bits per heavy atom. The topological polar surface area (TPSA) is 80.0 Å². The van der Waals surface area contributed by atoms with Gasteiger partial charge in [0.05, 0.1) is 18.8 Å². The van der Waals surface area contributed by atoms with E-state index >= 15 is 0 Å². The first-order valence-corrected chi connectivity index (χ1v) is 11.4. The smallest absolute Gasteiger partial charge is 0.137 e. The van der Waals surface area contributed by atoms with E-state index in [1.165, 1.54) is 0 Å². The van der Waals surface area contributed by atoms with Crippen molar-refractivity contribution in [3.63, 3.8) is 0 Å². The molecule has 3 aromatic rings. The molecular weight excluding hydrogens is 418 g/mol. The number of aromatic nitrogens is 2. The fourth-order valence-electron chi connectivity index (χ4n) is 4.17. The lowest BCUT2D eigenvalue weighted by atomic mass is 9.90. The summed E-state index contributed by atoms with van der Waals surface area (Å²) >= 11 is 0. The number of ether oxygens (including phenoxy) is 2. The summed E-state index contributed by atoms with van der Waals surface area (Å²) in [5, 5.41) is 25.9. The molecule has 0 radical (unpaired) electrons. The summed E-state index contributed by atoms with van der Waals surface area (Å²) < 4.78 is 13.6. The number of β-amino-alcohol motifs (C(OH)–C–C–N with tert-alkyl or cyclic N) is 1. The van der Waals surface area contributed by atoms with Gasteiger partial charge in [-0.25, -0.2) is 0 Å². The third-order valence-electron chi connectivity index (χ3n) is 5.97. The van der Waals surface area contributed by atoms with Crippen LogP contribution in [0.2, 0.25) is 0 Å². The monoisotopic (exact) mass is 451 g/mol. The largest absolute Gasteiger partial charge is 0.492 e. The van der Waals surface area contributed by atoms with E-state index in [2.05, 4.69) is 16.1 Å². The fourth-order valence-corrected chi connectivity index (χ4v) is 4.17. The van der Waals surface area contributed by atoms with Gasteiger partial charge in [-0.05, 0) is 61.2 Å². The fraction of sp³-hybridized carbons (Fsp3) is 0.423. The second kappa shape index (κ2) is 10.4. The zero-order chi connectivity index (χ0) is 23.3. The van der Waals surface area contributed by atoms with E-state index in [0.29, 0.717) is 45.0 Å². The zero-order valence-corrected chi connectivity index (χ0v) is 19.4. The summed E-state index contributed by atoms with van der Waals surface area (Å²) in [6, 6.07) is 15.7. The quantitative estimate of drug-likeness (QED) is 0.521. The van der Waals surface area contributed by atoms with Crippen LogP contribution >= 0.6 is 0 Å². The van der Waals surface area contributed by atoms with Crippen LogP contribution in [0.15, 0.2) is 60.9 Å². The van der Waals surface area contributed by atoms with E-state index in [-0.39, 0.29) is 6.61 Å². The van der Waals surface area contributed by atoms with E-state index in [1.54, 1.807) is 0 Å². The molecular formula is C26H33N3O4. The van der Waals surface area contributed by atoms with Gasteiger partial charge in [-0.2, -0.15) is 5.10 Å². The summed E-state index contributed by atoms with van der Waals surface area (Å²) in [4.78, 5) is 2.15. The molecule has 2 aromatic carbocycles. The summed E-state index contributed by atoms with van der Waals surface area (Å²) in [5.74, 6) is 1.51. The summed E-state index contributed by atoms with van der Waals surface area (Å²) in [7, 11) is 0. The maximum atomic E-state index is 11.1. The highest BCUT2D eigenvalue weighted by molar-refractivity contribution is 5.29. The Morgan fingerprint density at radius 3 is 2.61 bits per heavy atom. The number of likely N-dealkylation sites (tertiary alicyclic amines) is 1. The Labute approximate surface area is 195 Å². The average molecular weight is 452 g/mol. The van der Waals surface area contributed by atoms with Crippen molar-refractivity contribution in [2.45, 2.75) is 45.1 Å². The molecule has 1 aromatic heterocycles. The van der Waals surface area contributed by atoms with Crippen molar-refractivity contribution in [2.75, 3.05) is 26.3 Å². The molecule has 0 amide bonds. The highest BCUT2D eigenvalue weighted by Gasteiger charge is 2.42. The molecule has 1 saturated heterocycles. The molecule has 0 spiro atoms. The molecule has 2 heterocycles. The Kier molecular flexibility index (Phi) is 7.33. The van der Waals surface area contributed by atoms with Gasteiger partial charge in [0.15, 0.2) is 0 Å². The maximum absolute atomic E-state index is 11.1. The predicted octanol–water partition coefficient (Wildman–Crippen LogP) is 2.96. The van der Waals surface area contributed by atoms with Crippen molar-refractivity contribution >= 4 is 0 Å². The van der Waals surface area contributed by atoms with Gasteiger partial charge in [-0.1, -0.05) is 24.3 Å². The number of benzene rings is 2. The van der Waals surface area contributed by atoms with Gasteiger partial charge in [0.25, 0.3) is 0 Å². The molecule has 1 aliphatic rings. The van der Waals surface area contributed by atoms with Crippen LogP contribution in [0.1, 0.15) is 23.1 Å². The molecule has 1 fully saturated rings. The maximum Gasteiger partial charge on any atom is 0.137 e. The lowest BCUT2D eigenvalue weighted by Gasteiger charge is -2.42. The van der Waals surface area contributed by atoms with Crippen molar-refractivity contribution in [1.29, 1.82) is 0 Å². The van der Waals surface area contributed by atoms with Crippen molar-refractivity contribution < 1.29 is 19.7 Å². The third-order valence-corrected chi connectivity index (χ3v) is 5.97. The van der Waals surface area contributed by atoms with Crippen molar-refractivity contribution in [2.24, 2.45) is 0 Å². The molecule has 33 heavy (non-hydrogen) atoms. The van der Waals surface area contributed by atoms with E-state index < -0.39 is 11.7 Å². The number of nitrogens with zero attached hydrogens (tertiary/aromatic N) is 3. The van der Waals surface area contributed by atoms with Gasteiger partial charge < -0.3 is 19.7 Å². The Bertz CT molecular complexity index is 1050. The average Bonchev–Trinajstić information content (AvgIpc) is 3.20. The number of aliphatic hydroxyl groups excluding tert-OH is 1. The second-order valence-corrected chi connectivity index (χ2v) is 9.00. The number of rotatable bonds is 9. The Hall–Kier alpha value is -2.87. The molecule has 0 saturated carbocycles. The van der Waals surface area contributed by atoms with E-state index in [9.17, 15) is 10.2 Å². The number of aliphatic hydroxyl groups is 2. The molecule has 0 unspecified atom stereocenters. The van der Waals surface area contributed by atoms with E-state index in [0.717, 1.165) is 22.4 Å². The van der Waals surface area contributed by atoms with Crippen molar-refractivity contribution in [3.05, 3.63) is 77.6 Å². The zero-order valence-electron chi connectivity index (χ0n) is 19.4. The minimum atomic E-state index is -1.32. The molecule has 0 aliphatic carbocycles. The number of hydrogen-bond donors (Lipinski definition) is 2. The third kappa shape index (κ3) is 6.35. The first kappa shape index (κ1) is 23.3. The number of hydrogen-bond acceptors (Lipinski definition) is 6. The predicted molar refractivity (Wildman–Crippen MR) is 126 cm³/mol. The van der Waals surface area contributed by atoms with Gasteiger partial charge >= 0.3 is 0 Å². The van der Waals surface area contributed by atoms with Gasteiger partial charge in [0.1, 0.15) is 30.3 Å². The van der Waals surface area contributed by atoms with Gasteiger partial charge in [-0.3, -0.25) is 9.58 Å². The second-order valence-electron chi connectivity index (χ2n) is 9.00. The van der Waals surface area contributed by atoms with Gasteiger partial charge in [-0.15, -0.1) is 0 Å². The minimum absolute atomic E-state index is 0.0458. The summed E-state index contributed by atoms with van der Waals surface area (Å²) in [6.45, 7) is 6.99. The molecule has 4 rings (SSSR count). The summed E-state index contributed by atoms with van der Waals surface area (Å²) in [5.41, 5.74) is 2.00. The molecule has 0 bridgehead atoms. The van der Waals surface area contributed by atoms with Crippen molar-refractivity contribution in [1.82, 2.24) is 14.7 Å². The molecule has 2 N–H and O–H groups in total. The first-order valence-electron chi connectivity index (χ1n) is 11.4. The Balaban J connectivity index is 1.32. The highest BCUT2D eigenvalue weighted by atomic mass is 16.5. The highest BCUT2D eigenvalue weighted by Crippen LogP contribution is 2.26. The van der Waals surface area contributed by atoms with Crippen LogP contribution < -0.4 is 9.47 Å². The summed E-state index contributed by atoms with van der Waals surface area (Å²) in [6.07, 6.45) is 3.50. The molecule has 7 heteroatoms. The standard InChI is InChI=1S/C26H33N3O4/c1-20-5-3-7-23(13-20)33-19-26(31)18-28(10-9-25(26)30)17-22-6-4-8-24(14-22)32-12-11-29-16-21(2)15-27-29/h3-8,13-16,25,30-31H,9-12,17-19H2,1-2H3/t25-,26-/m0/s1. The SMILES string of the molecule is Cc1cccc(OC[C@@]2(O)CN(Cc3cccc(OCCn4cc(C)cn4)c3)CC[C@@H]2O)c1. The van der Waals surface area contributed by atoms with Crippen molar-refractivity contribution in [3.8, 4) is 11.5 Å². The van der Waals surface area contributed by atoms with Crippen LogP contribution in [0.25, 0.3) is 0 Å². The lowest BCUT2D eigenvalue weighted by Crippen LogP contribution is -2.59. The van der Waals surface area contributed by atoms with E-state index in [4.69, 9.17) is 9.47 Å². The lowest BCUT2D eigenvalue weighted by molar-refractivity contribution is -0.140. The Morgan fingerprint density at radius 2 is 1.85 bits per heavy atom. The molecule has 176 valence electrons. The first-order chi connectivity index (χ1) is 15.9. The molecule has 2 atom stereocenters. The minimum Gasteiger partial charge on any atom is -0.492 e. The van der Waals surface area contributed by atoms with Crippen LogP contribution in [0, 0.1) is 13.8 Å². The molecule has 1 aliphatic heterocycles. The molecule has 7 nitrogen and oxygen atoms in total. The van der Waals surface area contributed by atoms with E-state index in [1.807, 2.05) is 73.4 Å².